The van der Waals surface area contributed by atoms with Crippen LogP contribution in [0.5, 0.6) is 0 Å². The first-order valence-electron chi connectivity index (χ1n) is 10.0. The molecule has 0 saturated heterocycles. The van der Waals surface area contributed by atoms with E-state index in [2.05, 4.69) is 46.4 Å². The van der Waals surface area contributed by atoms with Gasteiger partial charge in [-0.2, -0.15) is 0 Å². The minimum atomic E-state index is -0.723. The van der Waals surface area contributed by atoms with Gasteiger partial charge in [0.05, 0.1) is 0 Å². The molecule has 0 aliphatic heterocycles. The third-order valence-electron chi connectivity index (χ3n) is 4.82. The van der Waals surface area contributed by atoms with Crippen LogP contribution in [-0.4, -0.2) is 9.97 Å². The highest BCUT2D eigenvalue weighted by Crippen LogP contribution is 2.33. The zero-order valence-electron chi connectivity index (χ0n) is 18.5. The van der Waals surface area contributed by atoms with Crippen molar-refractivity contribution in [3.63, 3.8) is 0 Å². The first-order valence-corrected chi connectivity index (χ1v) is 9.02. The summed E-state index contributed by atoms with van der Waals surface area (Å²) in [5, 5.41) is 0. The van der Waals surface area contributed by atoms with Gasteiger partial charge >= 0.3 is 0 Å². The molecule has 2 nitrogen and oxygen atoms in total. The van der Waals surface area contributed by atoms with Crippen molar-refractivity contribution < 1.29 is 2.74 Å². The molecule has 0 bridgehead atoms. The molecule has 0 spiro atoms. The summed E-state index contributed by atoms with van der Waals surface area (Å²) in [7, 11) is 0. The van der Waals surface area contributed by atoms with Crippen LogP contribution >= 0.6 is 0 Å². The van der Waals surface area contributed by atoms with E-state index >= 15 is 0 Å². The van der Waals surface area contributed by atoms with Crippen molar-refractivity contribution in [1.29, 1.82) is 0 Å². The molecule has 0 unspecified atom stereocenters. The molecule has 0 aliphatic carbocycles. The first-order chi connectivity index (χ1) is 13.0. The molecular formula is C24H28N2. The van der Waals surface area contributed by atoms with Gasteiger partial charge in [-0.15, -0.1) is 0 Å². The molecule has 0 fully saturated rings. The van der Waals surface area contributed by atoms with Crippen molar-refractivity contribution in [2.45, 2.75) is 53.3 Å². The second kappa shape index (κ2) is 7.41. The average Bonchev–Trinajstić information content (AvgIpc) is 2.61. The standard InChI is InChI=1S/C24H28N2/c1-15(2)23-11-21(12-24(16(3)4)17(23)5)19-7-9-20(10-8-19)22-13-25-18(6)26-14-22/h7-16H,1-6H3/i15D,16D. The van der Waals surface area contributed by atoms with E-state index in [4.69, 9.17) is 2.74 Å². The summed E-state index contributed by atoms with van der Waals surface area (Å²) in [4.78, 5) is 8.54. The van der Waals surface area contributed by atoms with Gasteiger partial charge in [-0.1, -0.05) is 64.1 Å². The zero-order chi connectivity index (χ0) is 20.7. The Morgan fingerprint density at radius 1 is 0.692 bits per heavy atom. The molecular weight excluding hydrogens is 316 g/mol. The Morgan fingerprint density at radius 3 is 1.54 bits per heavy atom. The predicted molar refractivity (Wildman–Crippen MR) is 111 cm³/mol. The maximum absolute atomic E-state index is 8.56. The highest BCUT2D eigenvalue weighted by molar-refractivity contribution is 5.71. The third kappa shape index (κ3) is 3.70. The van der Waals surface area contributed by atoms with Gasteiger partial charge < -0.3 is 0 Å². The van der Waals surface area contributed by atoms with Crippen molar-refractivity contribution in [2.24, 2.45) is 0 Å². The molecule has 0 saturated carbocycles. The lowest BCUT2D eigenvalue weighted by Crippen LogP contribution is -2.00. The number of benzene rings is 2. The van der Waals surface area contributed by atoms with E-state index in [-0.39, 0.29) is 0 Å². The fraction of sp³-hybridized carbons (Fsp3) is 0.333. The summed E-state index contributed by atoms with van der Waals surface area (Å²) >= 11 is 0. The van der Waals surface area contributed by atoms with Gasteiger partial charge in [-0.25, -0.2) is 9.97 Å². The van der Waals surface area contributed by atoms with Crippen LogP contribution in [0.1, 0.15) is 64.7 Å². The molecule has 0 amide bonds. The molecule has 0 aliphatic rings. The second-order valence-corrected chi connectivity index (χ2v) is 7.29. The fourth-order valence-corrected chi connectivity index (χ4v) is 3.32. The summed E-state index contributed by atoms with van der Waals surface area (Å²) in [6, 6.07) is 12.5. The average molecular weight is 347 g/mol. The highest BCUT2D eigenvalue weighted by atomic mass is 14.8. The number of nitrogens with zero attached hydrogens (tertiary/aromatic N) is 2. The smallest absolute Gasteiger partial charge is 0.125 e. The van der Waals surface area contributed by atoms with Gasteiger partial charge in [-0.05, 0) is 59.0 Å². The molecule has 0 radical (unpaired) electrons. The summed E-state index contributed by atoms with van der Waals surface area (Å²) in [5.74, 6) is -0.686. The van der Waals surface area contributed by atoms with Crippen LogP contribution in [0.25, 0.3) is 22.3 Å². The van der Waals surface area contributed by atoms with E-state index in [1.54, 1.807) is 0 Å². The lowest BCUT2D eigenvalue weighted by molar-refractivity contribution is 0.818. The predicted octanol–water partition coefficient (Wildman–Crippen LogP) is 6.67. The number of hydrogen-bond donors (Lipinski definition) is 0. The lowest BCUT2D eigenvalue weighted by atomic mass is 9.86. The first kappa shape index (κ1) is 15.7. The van der Waals surface area contributed by atoms with Gasteiger partial charge in [0.25, 0.3) is 0 Å². The van der Waals surface area contributed by atoms with E-state index in [0.29, 0.717) is 0 Å². The van der Waals surface area contributed by atoms with Crippen LogP contribution in [0.3, 0.4) is 0 Å². The monoisotopic (exact) mass is 346 g/mol. The Balaban J connectivity index is 2.09. The van der Waals surface area contributed by atoms with Gasteiger partial charge in [-0.3, -0.25) is 0 Å². The normalized spacial score (nSPS) is 13.3. The third-order valence-corrected chi connectivity index (χ3v) is 4.82. The SMILES string of the molecule is [2H]C(C)(C)c1cc(-c2ccc(-c3cnc(C)nc3)cc2)cc(C([2H])(C)C)c1C. The van der Waals surface area contributed by atoms with Crippen LogP contribution in [0.2, 0.25) is 0 Å². The molecule has 0 N–H and O–H groups in total. The Morgan fingerprint density at radius 2 is 1.12 bits per heavy atom. The molecule has 3 aromatic rings. The molecule has 134 valence electrons. The van der Waals surface area contributed by atoms with Crippen molar-refractivity contribution in [1.82, 2.24) is 9.97 Å². The Bertz CT molecular complexity index is 942. The lowest BCUT2D eigenvalue weighted by Gasteiger charge is -2.19. The van der Waals surface area contributed by atoms with Crippen LogP contribution in [0.15, 0.2) is 48.8 Å². The van der Waals surface area contributed by atoms with Gasteiger partial charge in [0.15, 0.2) is 0 Å². The van der Waals surface area contributed by atoms with Gasteiger partial charge in [0.1, 0.15) is 5.82 Å². The van der Waals surface area contributed by atoms with E-state index < -0.39 is 11.8 Å². The van der Waals surface area contributed by atoms with Crippen molar-refractivity contribution >= 4 is 0 Å². The largest absolute Gasteiger partial charge is 0.241 e. The van der Waals surface area contributed by atoms with E-state index in [1.807, 2.05) is 53.9 Å². The Labute approximate surface area is 160 Å². The molecule has 26 heavy (non-hydrogen) atoms. The molecule has 1 aromatic heterocycles. The highest BCUT2D eigenvalue weighted by Gasteiger charge is 2.13. The van der Waals surface area contributed by atoms with E-state index in [0.717, 1.165) is 44.8 Å². The number of aromatic nitrogens is 2. The molecule has 0 atom stereocenters. The van der Waals surface area contributed by atoms with Crippen molar-refractivity contribution in [3.8, 4) is 22.3 Å². The number of rotatable bonds is 4. The number of aryl methyl sites for hydroxylation is 1. The molecule has 2 heteroatoms. The summed E-state index contributed by atoms with van der Waals surface area (Å²) in [5.41, 5.74) is 7.15. The van der Waals surface area contributed by atoms with E-state index in [1.165, 1.54) is 0 Å². The zero-order valence-corrected chi connectivity index (χ0v) is 16.5. The molecule has 2 aromatic carbocycles. The maximum atomic E-state index is 8.56. The Hall–Kier alpha value is -2.48. The van der Waals surface area contributed by atoms with Gasteiger partial charge in [0, 0.05) is 20.7 Å². The topological polar surface area (TPSA) is 25.8 Å². The maximum Gasteiger partial charge on any atom is 0.125 e. The van der Waals surface area contributed by atoms with Crippen LogP contribution in [0, 0.1) is 13.8 Å². The summed E-state index contributed by atoms with van der Waals surface area (Å²) < 4.78 is 17.1. The van der Waals surface area contributed by atoms with Crippen molar-refractivity contribution in [3.05, 3.63) is 71.3 Å². The van der Waals surface area contributed by atoms with Crippen molar-refractivity contribution in [2.75, 3.05) is 0 Å². The second-order valence-electron chi connectivity index (χ2n) is 7.29. The molecule has 3 rings (SSSR count). The Kier molecular flexibility index (Phi) is 4.49. The summed E-state index contributed by atoms with van der Waals surface area (Å²) in [6.45, 7) is 11.5. The van der Waals surface area contributed by atoms with Gasteiger partial charge in [0.2, 0.25) is 0 Å². The fourth-order valence-electron chi connectivity index (χ4n) is 3.32. The van der Waals surface area contributed by atoms with Crippen LogP contribution < -0.4 is 0 Å². The van der Waals surface area contributed by atoms with Crippen LogP contribution in [-0.2, 0) is 0 Å². The minimum absolute atomic E-state index is 0.723. The van der Waals surface area contributed by atoms with E-state index in [9.17, 15) is 0 Å². The number of hydrogen-bond acceptors (Lipinski definition) is 2. The van der Waals surface area contributed by atoms with Crippen LogP contribution in [0.4, 0.5) is 0 Å². The summed E-state index contributed by atoms with van der Waals surface area (Å²) in [6.07, 6.45) is 3.68. The minimum Gasteiger partial charge on any atom is -0.241 e. The molecule has 1 heterocycles. The quantitative estimate of drug-likeness (QED) is 0.527.